The highest BCUT2D eigenvalue weighted by Crippen LogP contribution is 2.34. The number of thiophene rings is 3. The van der Waals surface area contributed by atoms with Crippen LogP contribution in [-0.4, -0.2) is 19.7 Å². The first kappa shape index (κ1) is 17.8. The zero-order valence-electron chi connectivity index (χ0n) is 14.5. The molecule has 0 saturated heterocycles. The lowest BCUT2D eigenvalue weighted by molar-refractivity contribution is 0.391. The summed E-state index contributed by atoms with van der Waals surface area (Å²) in [5, 5.41) is 11.3. The van der Waals surface area contributed by atoms with Gasteiger partial charge < -0.3 is 4.52 Å². The van der Waals surface area contributed by atoms with Gasteiger partial charge in [-0.15, -0.1) is 34.0 Å². The molecule has 0 fully saturated rings. The summed E-state index contributed by atoms with van der Waals surface area (Å²) in [4.78, 5) is 24.9. The number of fused-ring (bicyclic) bond motifs is 1. The second-order valence-corrected chi connectivity index (χ2v) is 9.54. The lowest BCUT2D eigenvalue weighted by atomic mass is 10.2. The monoisotopic (exact) mass is 444 g/mol. The van der Waals surface area contributed by atoms with Crippen molar-refractivity contribution < 1.29 is 4.52 Å². The molecule has 0 bridgehead atoms. The van der Waals surface area contributed by atoms with Gasteiger partial charge in [0, 0.05) is 22.9 Å². The lowest BCUT2D eigenvalue weighted by Gasteiger charge is -2.06. The van der Waals surface area contributed by atoms with Gasteiger partial charge in [-0.3, -0.25) is 9.36 Å². The summed E-state index contributed by atoms with van der Waals surface area (Å²) in [6.45, 7) is 0. The Hall–Kier alpha value is -2.27. The van der Waals surface area contributed by atoms with E-state index < -0.39 is 0 Å². The largest absolute Gasteiger partial charge is 0.338 e. The smallest absolute Gasteiger partial charge is 0.263 e. The molecule has 0 aliphatic rings. The summed E-state index contributed by atoms with van der Waals surface area (Å²) in [5.41, 5.74) is 0.916. The van der Waals surface area contributed by atoms with Crippen LogP contribution < -0.4 is 5.56 Å². The molecule has 6 nitrogen and oxygen atoms in total. The molecule has 0 N–H and O–H groups in total. The molecule has 0 radical (unpaired) electrons. The van der Waals surface area contributed by atoms with E-state index in [9.17, 15) is 4.79 Å². The van der Waals surface area contributed by atoms with Crippen LogP contribution >= 0.6 is 45.8 Å². The van der Waals surface area contributed by atoms with Crippen LogP contribution in [-0.2, 0) is 12.8 Å². The van der Waals surface area contributed by atoms with Crippen molar-refractivity contribution in [1.82, 2.24) is 19.7 Å². The fourth-order valence-corrected chi connectivity index (χ4v) is 6.00. The molecule has 5 rings (SSSR count). The number of rotatable bonds is 5. The maximum Gasteiger partial charge on any atom is 0.263 e. The van der Waals surface area contributed by atoms with Crippen molar-refractivity contribution in [3.8, 4) is 21.1 Å². The molecular formula is C18H12N4O2S4. The Bertz CT molecular complexity index is 1300. The van der Waals surface area contributed by atoms with E-state index in [0.29, 0.717) is 28.0 Å². The van der Waals surface area contributed by atoms with Gasteiger partial charge in [0.2, 0.25) is 11.7 Å². The van der Waals surface area contributed by atoms with E-state index in [1.54, 1.807) is 34.3 Å². The van der Waals surface area contributed by atoms with E-state index in [-0.39, 0.29) is 5.56 Å². The Kier molecular flexibility index (Phi) is 4.63. The Labute approximate surface area is 175 Å². The third-order valence-electron chi connectivity index (χ3n) is 4.10. The summed E-state index contributed by atoms with van der Waals surface area (Å²) in [6.07, 6.45) is 0. The van der Waals surface area contributed by atoms with Gasteiger partial charge in [0.05, 0.1) is 16.0 Å². The molecule has 0 aliphatic carbocycles. The van der Waals surface area contributed by atoms with Crippen LogP contribution in [0.2, 0.25) is 0 Å². The number of hydrogen-bond acceptors (Lipinski definition) is 9. The van der Waals surface area contributed by atoms with Crippen molar-refractivity contribution in [1.29, 1.82) is 0 Å². The molecule has 0 aromatic carbocycles. The van der Waals surface area contributed by atoms with Crippen molar-refractivity contribution in [3.05, 3.63) is 56.7 Å². The average molecular weight is 445 g/mol. The first-order valence-electron chi connectivity index (χ1n) is 8.22. The Morgan fingerprint density at radius 1 is 1.11 bits per heavy atom. The molecule has 0 aliphatic heterocycles. The molecule has 28 heavy (non-hydrogen) atoms. The van der Waals surface area contributed by atoms with Gasteiger partial charge in [0.1, 0.15) is 4.83 Å². The highest BCUT2D eigenvalue weighted by Gasteiger charge is 2.17. The van der Waals surface area contributed by atoms with Crippen molar-refractivity contribution in [2.75, 3.05) is 0 Å². The first-order chi connectivity index (χ1) is 13.7. The van der Waals surface area contributed by atoms with Gasteiger partial charge in [-0.05, 0) is 22.9 Å². The fraction of sp³-hybridized carbons (Fsp3) is 0.111. The number of aromatic nitrogens is 4. The van der Waals surface area contributed by atoms with E-state index in [1.807, 2.05) is 40.4 Å². The van der Waals surface area contributed by atoms with Crippen LogP contribution in [0.25, 0.3) is 31.4 Å². The standard InChI is InChI=1S/C18H12N4O2S4/c1-22-17(23)14-10(11-4-2-6-25-11)8-27-16(14)20-18(22)28-9-13-19-15(21-24-13)12-5-3-7-26-12/h2-8H,9H2,1H3. The van der Waals surface area contributed by atoms with Crippen molar-refractivity contribution in [2.24, 2.45) is 7.05 Å². The summed E-state index contributed by atoms with van der Waals surface area (Å²) in [6, 6.07) is 7.91. The van der Waals surface area contributed by atoms with E-state index in [4.69, 9.17) is 9.51 Å². The molecule has 5 aromatic heterocycles. The molecule has 0 saturated carbocycles. The highest BCUT2D eigenvalue weighted by molar-refractivity contribution is 7.98. The fourth-order valence-electron chi connectivity index (χ4n) is 2.74. The van der Waals surface area contributed by atoms with Gasteiger partial charge in [-0.25, -0.2) is 4.98 Å². The minimum atomic E-state index is -0.0399. The maximum absolute atomic E-state index is 13.0. The van der Waals surface area contributed by atoms with Gasteiger partial charge in [-0.2, -0.15) is 4.98 Å². The highest BCUT2D eigenvalue weighted by atomic mass is 32.2. The molecule has 10 heteroatoms. The number of hydrogen-bond donors (Lipinski definition) is 0. The average Bonchev–Trinajstić information content (AvgIpc) is 3.47. The summed E-state index contributed by atoms with van der Waals surface area (Å²) >= 11 is 6.09. The summed E-state index contributed by atoms with van der Waals surface area (Å²) in [7, 11) is 1.75. The third kappa shape index (κ3) is 3.12. The van der Waals surface area contributed by atoms with Crippen molar-refractivity contribution in [2.45, 2.75) is 10.9 Å². The molecule has 0 unspecified atom stereocenters. The van der Waals surface area contributed by atoms with E-state index in [0.717, 1.165) is 20.1 Å². The molecule has 0 atom stereocenters. The second kappa shape index (κ2) is 7.28. The van der Waals surface area contributed by atoms with Crippen molar-refractivity contribution in [3.63, 3.8) is 0 Å². The summed E-state index contributed by atoms with van der Waals surface area (Å²) < 4.78 is 6.93. The predicted octanol–water partition coefficient (Wildman–Crippen LogP) is 5.13. The zero-order chi connectivity index (χ0) is 19.1. The van der Waals surface area contributed by atoms with Gasteiger partial charge in [0.15, 0.2) is 5.16 Å². The normalized spacial score (nSPS) is 11.5. The molecular weight excluding hydrogens is 432 g/mol. The van der Waals surface area contributed by atoms with Crippen LogP contribution in [0.15, 0.2) is 54.9 Å². The Morgan fingerprint density at radius 2 is 1.89 bits per heavy atom. The van der Waals surface area contributed by atoms with E-state index >= 15 is 0 Å². The SMILES string of the molecule is Cn1c(SCc2nc(-c3cccs3)no2)nc2scc(-c3cccs3)c2c1=O. The minimum absolute atomic E-state index is 0.0399. The van der Waals surface area contributed by atoms with E-state index in [1.165, 1.54) is 23.1 Å². The maximum atomic E-state index is 13.0. The first-order valence-corrected chi connectivity index (χ1v) is 11.8. The predicted molar refractivity (Wildman–Crippen MR) is 115 cm³/mol. The van der Waals surface area contributed by atoms with Gasteiger partial charge >= 0.3 is 0 Å². The van der Waals surface area contributed by atoms with Crippen LogP contribution in [0, 0.1) is 0 Å². The minimum Gasteiger partial charge on any atom is -0.338 e. The van der Waals surface area contributed by atoms with Gasteiger partial charge in [0.25, 0.3) is 5.56 Å². The number of thioether (sulfide) groups is 1. The molecule has 0 amide bonds. The lowest BCUT2D eigenvalue weighted by Crippen LogP contribution is -2.19. The molecule has 5 aromatic rings. The quantitative estimate of drug-likeness (QED) is 0.276. The topological polar surface area (TPSA) is 73.8 Å². The Morgan fingerprint density at radius 3 is 2.64 bits per heavy atom. The molecule has 0 spiro atoms. The molecule has 140 valence electrons. The second-order valence-electron chi connectivity index (χ2n) is 5.84. The summed E-state index contributed by atoms with van der Waals surface area (Å²) in [5.74, 6) is 1.54. The zero-order valence-corrected chi connectivity index (χ0v) is 17.8. The number of nitrogens with zero attached hydrogens (tertiary/aromatic N) is 4. The van der Waals surface area contributed by atoms with Crippen LogP contribution in [0.4, 0.5) is 0 Å². The molecule has 5 heterocycles. The van der Waals surface area contributed by atoms with Crippen LogP contribution in [0.3, 0.4) is 0 Å². The Balaban J connectivity index is 1.44. The van der Waals surface area contributed by atoms with Gasteiger partial charge in [-0.1, -0.05) is 29.1 Å². The van der Waals surface area contributed by atoms with Crippen molar-refractivity contribution >= 4 is 56.0 Å². The third-order valence-corrected chi connectivity index (χ3v) is 7.75. The van der Waals surface area contributed by atoms with E-state index in [2.05, 4.69) is 10.1 Å². The van der Waals surface area contributed by atoms with Crippen LogP contribution in [0.1, 0.15) is 5.89 Å². The van der Waals surface area contributed by atoms with Crippen LogP contribution in [0.5, 0.6) is 0 Å².